The number of aromatic nitrogens is 2. The Morgan fingerprint density at radius 1 is 1.35 bits per heavy atom. The van der Waals surface area contributed by atoms with Gasteiger partial charge in [-0.2, -0.15) is 0 Å². The molecule has 4 bridgehead atoms. The summed E-state index contributed by atoms with van der Waals surface area (Å²) >= 11 is 0. The highest BCUT2D eigenvalue weighted by Gasteiger charge is 2.37. The van der Waals surface area contributed by atoms with E-state index >= 15 is 0 Å². The molecule has 1 unspecified atom stereocenters. The van der Waals surface area contributed by atoms with Crippen LogP contribution >= 0.6 is 7.82 Å². The number of rotatable bonds is 0. The lowest BCUT2D eigenvalue weighted by Gasteiger charge is -2.17. The van der Waals surface area contributed by atoms with Gasteiger partial charge >= 0.3 is 13.5 Å². The van der Waals surface area contributed by atoms with Gasteiger partial charge in [-0.05, 0) is 12.8 Å². The number of nitrogens with zero attached hydrogens (tertiary/aromatic N) is 1. The van der Waals surface area contributed by atoms with Crippen molar-refractivity contribution in [3.05, 3.63) is 32.6 Å². The summed E-state index contributed by atoms with van der Waals surface area (Å²) in [6.07, 6.45) is -0.631. The smallest absolute Gasteiger partial charge is 0.390 e. The number of ether oxygens (including phenoxy) is 1. The maximum Gasteiger partial charge on any atom is 0.472 e. The number of hydrogen-bond acceptors (Lipinski definition) is 7. The van der Waals surface area contributed by atoms with Gasteiger partial charge in [-0.25, -0.2) is 9.36 Å². The maximum atomic E-state index is 11.9. The predicted octanol–water partition coefficient (Wildman–Crippen LogP) is -0.735. The summed E-state index contributed by atoms with van der Waals surface area (Å²) in [4.78, 5) is 35.5. The van der Waals surface area contributed by atoms with Crippen LogP contribution in [-0.4, -0.2) is 45.0 Å². The van der Waals surface area contributed by atoms with Crippen molar-refractivity contribution >= 4 is 7.82 Å². The van der Waals surface area contributed by atoms with E-state index < -0.39 is 37.5 Å². The van der Waals surface area contributed by atoms with Gasteiger partial charge in [0.2, 0.25) is 0 Å². The molecule has 1 aromatic rings. The van der Waals surface area contributed by atoms with Gasteiger partial charge in [0.15, 0.2) is 0 Å². The minimum absolute atomic E-state index is 0.0933. The molecule has 3 N–H and O–H groups in total. The molecule has 1 fully saturated rings. The van der Waals surface area contributed by atoms with Gasteiger partial charge in [0, 0.05) is 18.2 Å². The summed E-state index contributed by atoms with van der Waals surface area (Å²) in [5, 5.41) is 9.97. The first kappa shape index (κ1) is 16.6. The fourth-order valence-electron chi connectivity index (χ4n) is 2.60. The third-order valence-electron chi connectivity index (χ3n) is 3.80. The van der Waals surface area contributed by atoms with Gasteiger partial charge in [-0.15, -0.1) is 0 Å². The topological polar surface area (TPSA) is 140 Å². The van der Waals surface area contributed by atoms with Crippen molar-refractivity contribution in [2.45, 2.75) is 37.7 Å². The van der Waals surface area contributed by atoms with Crippen LogP contribution in [-0.2, 0) is 24.8 Å². The van der Waals surface area contributed by atoms with Gasteiger partial charge in [0.25, 0.3) is 5.56 Å². The standard InChI is InChI=1S/C12H17N2O8P/c15-8-4-10-14-5-7(11(16)13-12(14)17)2-1-3-20-23(18,19)21-6-9(8)22-10/h5,8-10,15H,1-4,6H2,(H,18,19)(H,13,16,17)/t8-,9+,10+/m0/s1. The van der Waals surface area contributed by atoms with Crippen LogP contribution in [0, 0.1) is 0 Å². The molecule has 0 saturated carbocycles. The molecule has 3 heterocycles. The highest BCUT2D eigenvalue weighted by molar-refractivity contribution is 7.47. The molecule has 128 valence electrons. The molecule has 0 aliphatic carbocycles. The fraction of sp³-hybridized carbons (Fsp3) is 0.667. The van der Waals surface area contributed by atoms with Crippen LogP contribution in [0.2, 0.25) is 0 Å². The van der Waals surface area contributed by atoms with Crippen molar-refractivity contribution in [2.24, 2.45) is 0 Å². The molecule has 1 saturated heterocycles. The molecule has 0 amide bonds. The van der Waals surface area contributed by atoms with E-state index in [-0.39, 0.29) is 26.1 Å². The maximum absolute atomic E-state index is 11.9. The summed E-state index contributed by atoms with van der Waals surface area (Å²) < 4.78 is 28.0. The zero-order valence-electron chi connectivity index (χ0n) is 12.1. The van der Waals surface area contributed by atoms with E-state index in [1.165, 1.54) is 10.8 Å². The average molecular weight is 348 g/mol. The number of aliphatic hydroxyl groups excluding tert-OH is 1. The molecule has 0 aromatic carbocycles. The Bertz CT molecular complexity index is 743. The van der Waals surface area contributed by atoms with Crippen LogP contribution in [0.15, 0.2) is 15.8 Å². The largest absolute Gasteiger partial charge is 0.472 e. The number of aliphatic hydroxyl groups is 1. The second-order valence-corrected chi connectivity index (χ2v) is 6.91. The molecule has 23 heavy (non-hydrogen) atoms. The Morgan fingerprint density at radius 2 is 2.13 bits per heavy atom. The van der Waals surface area contributed by atoms with Gasteiger partial charge < -0.3 is 14.7 Å². The van der Waals surface area contributed by atoms with Crippen molar-refractivity contribution in [1.82, 2.24) is 9.55 Å². The number of fused-ring (bicyclic) bond motifs is 5. The first-order valence-corrected chi connectivity index (χ1v) is 8.65. The van der Waals surface area contributed by atoms with E-state index in [1.54, 1.807) is 0 Å². The summed E-state index contributed by atoms with van der Waals surface area (Å²) in [6, 6.07) is 0. The van der Waals surface area contributed by atoms with E-state index in [4.69, 9.17) is 13.8 Å². The van der Waals surface area contributed by atoms with Crippen LogP contribution in [0.5, 0.6) is 0 Å². The summed E-state index contributed by atoms with van der Waals surface area (Å²) in [7, 11) is -4.26. The number of phosphoric ester groups is 1. The summed E-state index contributed by atoms with van der Waals surface area (Å²) in [6.45, 7) is -0.444. The molecule has 0 radical (unpaired) electrons. The molecule has 3 rings (SSSR count). The number of hydrogen-bond donors (Lipinski definition) is 3. The van der Waals surface area contributed by atoms with E-state index in [0.29, 0.717) is 12.0 Å². The summed E-state index contributed by atoms with van der Waals surface area (Å²) in [5.74, 6) is 0. The Hall–Kier alpha value is -1.29. The SMILES string of the molecule is O=c1[nH]c(=O)n2cc1CCCOP(=O)(O)OC[C@H]1O[C@@H]2C[C@@H]1O. The Labute approximate surface area is 130 Å². The van der Waals surface area contributed by atoms with Crippen LogP contribution in [0.3, 0.4) is 0 Å². The Morgan fingerprint density at radius 3 is 2.91 bits per heavy atom. The third kappa shape index (κ3) is 3.63. The Kier molecular flexibility index (Phi) is 4.54. The van der Waals surface area contributed by atoms with Crippen molar-refractivity contribution < 1.29 is 28.3 Å². The van der Waals surface area contributed by atoms with Gasteiger partial charge in [-0.1, -0.05) is 0 Å². The minimum Gasteiger partial charge on any atom is -0.390 e. The summed E-state index contributed by atoms with van der Waals surface area (Å²) in [5.41, 5.74) is -0.848. The minimum atomic E-state index is -4.26. The van der Waals surface area contributed by atoms with Gasteiger partial charge in [0.05, 0.1) is 19.3 Å². The zero-order chi connectivity index (χ0) is 16.6. The Balaban J connectivity index is 1.96. The van der Waals surface area contributed by atoms with Crippen LogP contribution in [0.4, 0.5) is 0 Å². The molecule has 10 nitrogen and oxygen atoms in total. The molecule has 1 aromatic heterocycles. The van der Waals surface area contributed by atoms with Crippen molar-refractivity contribution in [2.75, 3.05) is 13.2 Å². The lowest BCUT2D eigenvalue weighted by molar-refractivity contribution is -0.0463. The number of nitrogens with one attached hydrogen (secondary N) is 1. The van der Waals surface area contributed by atoms with Gasteiger partial charge in [-0.3, -0.25) is 23.4 Å². The van der Waals surface area contributed by atoms with Crippen LogP contribution in [0.1, 0.15) is 24.6 Å². The van der Waals surface area contributed by atoms with Crippen molar-refractivity contribution in [3.8, 4) is 0 Å². The van der Waals surface area contributed by atoms with Crippen LogP contribution < -0.4 is 11.2 Å². The first-order chi connectivity index (χ1) is 10.9. The number of H-pyrrole nitrogens is 1. The van der Waals surface area contributed by atoms with E-state index in [2.05, 4.69) is 4.98 Å². The second kappa shape index (κ2) is 6.31. The highest BCUT2D eigenvalue weighted by atomic mass is 31.2. The average Bonchev–Trinajstić information content (AvgIpc) is 2.84. The molecule has 11 heteroatoms. The molecular formula is C12H17N2O8P. The second-order valence-electron chi connectivity index (χ2n) is 5.45. The van der Waals surface area contributed by atoms with E-state index in [0.717, 1.165) is 0 Å². The van der Waals surface area contributed by atoms with E-state index in [1.807, 2.05) is 0 Å². The van der Waals surface area contributed by atoms with E-state index in [9.17, 15) is 24.2 Å². The first-order valence-electron chi connectivity index (χ1n) is 7.15. The zero-order valence-corrected chi connectivity index (χ0v) is 13.0. The number of aromatic amines is 1. The van der Waals surface area contributed by atoms with Crippen molar-refractivity contribution in [3.63, 3.8) is 0 Å². The third-order valence-corrected chi connectivity index (χ3v) is 4.79. The fourth-order valence-corrected chi connectivity index (χ4v) is 3.37. The molecule has 2 aliphatic rings. The molecule has 2 aliphatic heterocycles. The molecular weight excluding hydrogens is 331 g/mol. The highest BCUT2D eigenvalue weighted by Crippen LogP contribution is 2.44. The normalized spacial score (nSPS) is 35.1. The van der Waals surface area contributed by atoms with Gasteiger partial charge in [0.1, 0.15) is 12.3 Å². The number of aryl methyl sites for hydroxylation is 1. The molecule has 0 spiro atoms. The predicted molar refractivity (Wildman–Crippen MR) is 75.9 cm³/mol. The molecule has 4 atom stereocenters. The lowest BCUT2D eigenvalue weighted by Crippen LogP contribution is -2.34. The lowest BCUT2D eigenvalue weighted by atomic mass is 10.2. The number of phosphoric acid groups is 1. The monoisotopic (exact) mass is 348 g/mol. The van der Waals surface area contributed by atoms with Crippen LogP contribution in [0.25, 0.3) is 0 Å². The van der Waals surface area contributed by atoms with Crippen molar-refractivity contribution in [1.29, 1.82) is 0 Å². The quantitative estimate of drug-likeness (QED) is 0.521.